The second-order valence-electron chi connectivity index (χ2n) is 8.94. The third-order valence-electron chi connectivity index (χ3n) is 6.58. The fourth-order valence-corrected chi connectivity index (χ4v) is 4.62. The molecule has 0 spiro atoms. The Hall–Kier alpha value is -3.81. The van der Waals surface area contributed by atoms with Gasteiger partial charge in [0.25, 0.3) is 0 Å². The number of aliphatic hydroxyl groups excluding tert-OH is 1. The first kappa shape index (κ1) is 23.9. The van der Waals surface area contributed by atoms with Crippen LogP contribution in [0.2, 0.25) is 0 Å². The van der Waals surface area contributed by atoms with Gasteiger partial charge < -0.3 is 24.1 Å². The first-order valence-electron chi connectivity index (χ1n) is 11.9. The average molecular weight is 488 g/mol. The molecule has 0 aliphatic carbocycles. The van der Waals surface area contributed by atoms with Gasteiger partial charge in [-0.3, -0.25) is 10.1 Å². The zero-order valence-electron chi connectivity index (χ0n) is 20.3. The Morgan fingerprint density at radius 3 is 2.67 bits per heavy atom. The highest BCUT2D eigenvalue weighted by atomic mass is 16.7. The van der Waals surface area contributed by atoms with E-state index in [2.05, 4.69) is 5.32 Å². The summed E-state index contributed by atoms with van der Waals surface area (Å²) in [4.78, 5) is 12.5. The van der Waals surface area contributed by atoms with Crippen LogP contribution in [0.15, 0.2) is 60.7 Å². The van der Waals surface area contributed by atoms with E-state index in [0.29, 0.717) is 30.1 Å². The molecule has 2 heterocycles. The van der Waals surface area contributed by atoms with Crippen LogP contribution in [0.4, 0.5) is 0 Å². The van der Waals surface area contributed by atoms with E-state index in [1.807, 2.05) is 73.7 Å². The van der Waals surface area contributed by atoms with Crippen LogP contribution in [-0.2, 0) is 29.2 Å². The fourth-order valence-electron chi connectivity index (χ4n) is 4.62. The summed E-state index contributed by atoms with van der Waals surface area (Å²) in [7, 11) is 1.39. The summed E-state index contributed by atoms with van der Waals surface area (Å²) in [5, 5.41) is 13.5. The molecular formula is C29H29NO6. The third-order valence-corrected chi connectivity index (χ3v) is 6.58. The molecule has 2 aliphatic rings. The lowest BCUT2D eigenvalue weighted by Crippen LogP contribution is -2.44. The molecule has 2 N–H and O–H groups in total. The van der Waals surface area contributed by atoms with Crippen LogP contribution in [0.5, 0.6) is 17.2 Å². The second kappa shape index (κ2) is 10.4. The van der Waals surface area contributed by atoms with Crippen molar-refractivity contribution in [3.63, 3.8) is 0 Å². The van der Waals surface area contributed by atoms with E-state index in [1.54, 1.807) is 0 Å². The van der Waals surface area contributed by atoms with Gasteiger partial charge in [-0.1, -0.05) is 42.5 Å². The number of fused-ring (bicyclic) bond motifs is 2. The summed E-state index contributed by atoms with van der Waals surface area (Å²) in [6, 6.07) is 16.9. The van der Waals surface area contributed by atoms with Gasteiger partial charge in [0.05, 0.1) is 19.8 Å². The van der Waals surface area contributed by atoms with Crippen molar-refractivity contribution in [3.8, 4) is 17.2 Å². The summed E-state index contributed by atoms with van der Waals surface area (Å²) in [6.07, 6.45) is 4.49. The molecule has 0 fully saturated rings. The van der Waals surface area contributed by atoms with Gasteiger partial charge >= 0.3 is 5.97 Å². The lowest BCUT2D eigenvalue weighted by atomic mass is 9.87. The number of hydrogen-bond acceptors (Lipinski definition) is 7. The monoisotopic (exact) mass is 487 g/mol. The Kier molecular flexibility index (Phi) is 6.93. The number of hydrogen-bond donors (Lipinski definition) is 2. The number of carbonyl (C=O) groups excluding carboxylic acids is 1. The molecule has 3 aromatic rings. The normalized spacial score (nSPS) is 18.2. The average Bonchev–Trinajstić information content (AvgIpc) is 3.36. The lowest BCUT2D eigenvalue weighted by molar-refractivity contribution is -0.143. The molecule has 2 aliphatic heterocycles. The Bertz CT molecular complexity index is 1290. The maximum atomic E-state index is 12.5. The molecule has 2 unspecified atom stereocenters. The first-order valence-corrected chi connectivity index (χ1v) is 11.9. The molecular weight excluding hydrogens is 458 g/mol. The van der Waals surface area contributed by atoms with Gasteiger partial charge in [0, 0.05) is 5.56 Å². The van der Waals surface area contributed by atoms with Crippen LogP contribution in [-0.4, -0.2) is 31.0 Å². The SMILES string of the molecule is COC(=O)C1Cc2cc(OCc3ccccc3)c(CO)cc2C(/C=C/c2cc3c(cc2C)OCO3)N1. The molecule has 36 heavy (non-hydrogen) atoms. The molecule has 0 aromatic heterocycles. The second-order valence-corrected chi connectivity index (χ2v) is 8.94. The van der Waals surface area contributed by atoms with Crippen LogP contribution >= 0.6 is 0 Å². The largest absolute Gasteiger partial charge is 0.489 e. The predicted octanol–water partition coefficient (Wildman–Crippen LogP) is 4.24. The van der Waals surface area contributed by atoms with E-state index < -0.39 is 6.04 Å². The van der Waals surface area contributed by atoms with Gasteiger partial charge in [-0.15, -0.1) is 0 Å². The minimum atomic E-state index is -0.503. The van der Waals surface area contributed by atoms with Gasteiger partial charge in [0.1, 0.15) is 18.4 Å². The Balaban J connectivity index is 1.47. The number of rotatable bonds is 7. The number of aryl methyl sites for hydroxylation is 1. The number of nitrogens with one attached hydrogen (secondary N) is 1. The number of carbonyl (C=O) groups is 1. The number of methoxy groups -OCH3 is 1. The van der Waals surface area contributed by atoms with Gasteiger partial charge in [0.2, 0.25) is 6.79 Å². The minimum Gasteiger partial charge on any atom is -0.489 e. The summed E-state index contributed by atoms with van der Waals surface area (Å²) in [5.41, 5.74) is 5.74. The molecule has 0 bridgehead atoms. The number of esters is 1. The van der Waals surface area contributed by atoms with Crippen LogP contribution in [0.1, 0.15) is 39.4 Å². The van der Waals surface area contributed by atoms with E-state index in [4.69, 9.17) is 18.9 Å². The molecule has 0 radical (unpaired) electrons. The van der Waals surface area contributed by atoms with E-state index in [9.17, 15) is 9.90 Å². The van der Waals surface area contributed by atoms with Crippen LogP contribution in [0, 0.1) is 6.92 Å². The molecule has 7 heteroatoms. The van der Waals surface area contributed by atoms with Crippen LogP contribution in [0.3, 0.4) is 0 Å². The first-order chi connectivity index (χ1) is 17.6. The number of benzene rings is 3. The highest BCUT2D eigenvalue weighted by molar-refractivity contribution is 5.77. The molecule has 3 aromatic carbocycles. The third kappa shape index (κ3) is 4.94. The van der Waals surface area contributed by atoms with Crippen molar-refractivity contribution < 1.29 is 28.8 Å². The van der Waals surface area contributed by atoms with Crippen molar-refractivity contribution in [2.75, 3.05) is 13.9 Å². The van der Waals surface area contributed by atoms with E-state index >= 15 is 0 Å². The summed E-state index contributed by atoms with van der Waals surface area (Å²) >= 11 is 0. The Morgan fingerprint density at radius 2 is 1.92 bits per heavy atom. The lowest BCUT2D eigenvalue weighted by Gasteiger charge is -2.31. The van der Waals surface area contributed by atoms with Crippen LogP contribution < -0.4 is 19.5 Å². The van der Waals surface area contributed by atoms with Crippen molar-refractivity contribution in [2.45, 2.75) is 38.6 Å². The topological polar surface area (TPSA) is 86.3 Å². The minimum absolute atomic E-state index is 0.157. The summed E-state index contributed by atoms with van der Waals surface area (Å²) in [6.45, 7) is 2.47. The summed E-state index contributed by atoms with van der Waals surface area (Å²) < 4.78 is 22.1. The van der Waals surface area contributed by atoms with Crippen molar-refractivity contribution in [1.82, 2.24) is 5.32 Å². The van der Waals surface area contributed by atoms with Crippen molar-refractivity contribution in [3.05, 3.63) is 94.1 Å². The molecule has 0 amide bonds. The van der Waals surface area contributed by atoms with Crippen molar-refractivity contribution >= 4 is 12.0 Å². The number of aliphatic hydroxyl groups is 1. The van der Waals surface area contributed by atoms with Gasteiger partial charge in [-0.2, -0.15) is 0 Å². The van der Waals surface area contributed by atoms with E-state index in [1.165, 1.54) is 7.11 Å². The smallest absolute Gasteiger partial charge is 0.323 e. The zero-order valence-corrected chi connectivity index (χ0v) is 20.3. The van der Waals surface area contributed by atoms with Crippen molar-refractivity contribution in [2.24, 2.45) is 0 Å². The zero-order chi connectivity index (χ0) is 25.1. The molecule has 2 atom stereocenters. The number of ether oxygens (including phenoxy) is 4. The quantitative estimate of drug-likeness (QED) is 0.482. The molecule has 5 rings (SSSR count). The maximum Gasteiger partial charge on any atom is 0.323 e. The molecule has 0 saturated carbocycles. The molecule has 0 saturated heterocycles. The van der Waals surface area contributed by atoms with Gasteiger partial charge in [-0.25, -0.2) is 0 Å². The maximum absolute atomic E-state index is 12.5. The molecule has 186 valence electrons. The molecule has 7 nitrogen and oxygen atoms in total. The Labute approximate surface area is 210 Å². The van der Waals surface area contributed by atoms with Crippen LogP contribution in [0.25, 0.3) is 6.08 Å². The van der Waals surface area contributed by atoms with E-state index in [0.717, 1.165) is 33.6 Å². The highest BCUT2D eigenvalue weighted by Crippen LogP contribution is 2.37. The van der Waals surface area contributed by atoms with Crippen molar-refractivity contribution in [1.29, 1.82) is 0 Å². The Morgan fingerprint density at radius 1 is 1.14 bits per heavy atom. The fraction of sp³-hybridized carbons (Fsp3) is 0.276. The highest BCUT2D eigenvalue weighted by Gasteiger charge is 2.31. The van der Waals surface area contributed by atoms with Gasteiger partial charge in [0.15, 0.2) is 11.5 Å². The standard InChI is InChI=1S/C29H29NO6/c1-18-10-27-28(36-17-35-27)13-20(18)8-9-24-23-11-22(15-31)26(34-16-19-6-4-3-5-7-19)14-21(23)12-25(30-24)29(32)33-2/h3-11,13-14,24-25,30-31H,12,15-17H2,1-2H3/b9-8+. The van der Waals surface area contributed by atoms with Gasteiger partial charge in [-0.05, 0) is 65.4 Å². The van der Waals surface area contributed by atoms with E-state index in [-0.39, 0.29) is 25.4 Å². The summed E-state index contributed by atoms with van der Waals surface area (Å²) in [5.74, 6) is 1.75. The predicted molar refractivity (Wildman–Crippen MR) is 135 cm³/mol.